The average Bonchev–Trinajstić information content (AvgIpc) is 2.54. The van der Waals surface area contributed by atoms with Crippen LogP contribution in [0.25, 0.3) is 0 Å². The lowest BCUT2D eigenvalue weighted by Gasteiger charge is -2.46. The summed E-state index contributed by atoms with van der Waals surface area (Å²) in [5.74, 6) is 1.13. The third kappa shape index (κ3) is 5.24. The highest BCUT2D eigenvalue weighted by atomic mass is 35.5. The van der Waals surface area contributed by atoms with Gasteiger partial charge in [0.1, 0.15) is 11.5 Å². The fourth-order valence-corrected chi connectivity index (χ4v) is 4.25. The summed E-state index contributed by atoms with van der Waals surface area (Å²) in [6.07, 6.45) is 1.76. The van der Waals surface area contributed by atoms with Crippen molar-refractivity contribution in [2.24, 2.45) is 0 Å². The first-order valence-electron chi connectivity index (χ1n) is 9.26. The molecule has 0 bridgehead atoms. The SMILES string of the molecule is CC1(C)CC(NC(=O)c2ccc(Oc3ccccc3)c(Cl)c2)CC(C)(C)N1. The van der Waals surface area contributed by atoms with Gasteiger partial charge in [0.25, 0.3) is 5.91 Å². The van der Waals surface area contributed by atoms with Crippen molar-refractivity contribution in [3.05, 3.63) is 59.1 Å². The molecule has 1 fully saturated rings. The Labute approximate surface area is 166 Å². The number of hydrogen-bond donors (Lipinski definition) is 2. The van der Waals surface area contributed by atoms with Crippen molar-refractivity contribution in [2.75, 3.05) is 0 Å². The van der Waals surface area contributed by atoms with Crippen LogP contribution >= 0.6 is 11.6 Å². The highest BCUT2D eigenvalue weighted by Gasteiger charge is 2.38. The van der Waals surface area contributed by atoms with Gasteiger partial charge in [0, 0.05) is 22.7 Å². The third-order valence-corrected chi connectivity index (χ3v) is 4.99. The van der Waals surface area contributed by atoms with Gasteiger partial charge in [0.15, 0.2) is 0 Å². The van der Waals surface area contributed by atoms with Crippen LogP contribution in [0.4, 0.5) is 0 Å². The van der Waals surface area contributed by atoms with Gasteiger partial charge >= 0.3 is 0 Å². The Kier molecular flexibility index (Phi) is 5.50. The predicted molar refractivity (Wildman–Crippen MR) is 110 cm³/mol. The topological polar surface area (TPSA) is 50.4 Å². The summed E-state index contributed by atoms with van der Waals surface area (Å²) in [5.41, 5.74) is 0.490. The van der Waals surface area contributed by atoms with Crippen LogP contribution in [-0.4, -0.2) is 23.0 Å². The standard InChI is InChI=1S/C22H27ClN2O2/c1-21(2)13-16(14-22(3,4)25-21)24-20(26)15-10-11-19(18(23)12-15)27-17-8-6-5-7-9-17/h5-12,16,25H,13-14H2,1-4H3,(H,24,26). The van der Waals surface area contributed by atoms with Gasteiger partial charge in [-0.2, -0.15) is 0 Å². The minimum atomic E-state index is -0.110. The van der Waals surface area contributed by atoms with Crippen molar-refractivity contribution in [3.63, 3.8) is 0 Å². The molecular weight excluding hydrogens is 360 g/mol. The number of piperidine rings is 1. The Morgan fingerprint density at radius 1 is 1.07 bits per heavy atom. The molecule has 0 aliphatic carbocycles. The second kappa shape index (κ2) is 7.53. The molecule has 1 aliphatic rings. The van der Waals surface area contributed by atoms with E-state index in [2.05, 4.69) is 38.3 Å². The molecule has 27 heavy (non-hydrogen) atoms. The molecule has 1 heterocycles. The van der Waals surface area contributed by atoms with E-state index >= 15 is 0 Å². The summed E-state index contributed by atoms with van der Waals surface area (Å²) in [7, 11) is 0. The van der Waals surface area contributed by atoms with E-state index < -0.39 is 0 Å². The smallest absolute Gasteiger partial charge is 0.251 e. The molecule has 144 valence electrons. The number of carbonyl (C=O) groups is 1. The molecule has 0 spiro atoms. The first-order valence-corrected chi connectivity index (χ1v) is 9.64. The van der Waals surface area contributed by atoms with Gasteiger partial charge < -0.3 is 15.4 Å². The van der Waals surface area contributed by atoms with Gasteiger partial charge in [-0.05, 0) is 70.9 Å². The molecule has 0 radical (unpaired) electrons. The van der Waals surface area contributed by atoms with Crippen molar-refractivity contribution in [2.45, 2.75) is 57.7 Å². The summed E-state index contributed by atoms with van der Waals surface area (Å²) in [6.45, 7) is 8.67. The highest BCUT2D eigenvalue weighted by Crippen LogP contribution is 2.31. The maximum Gasteiger partial charge on any atom is 0.251 e. The molecule has 1 amide bonds. The maximum atomic E-state index is 12.7. The van der Waals surface area contributed by atoms with E-state index in [4.69, 9.17) is 16.3 Å². The number of ether oxygens (including phenoxy) is 1. The van der Waals surface area contributed by atoms with E-state index in [0.717, 1.165) is 12.8 Å². The lowest BCUT2D eigenvalue weighted by atomic mass is 9.79. The molecule has 2 aromatic rings. The number of hydrogen-bond acceptors (Lipinski definition) is 3. The van der Waals surface area contributed by atoms with Gasteiger partial charge in [-0.25, -0.2) is 0 Å². The normalized spacial score (nSPS) is 18.7. The van der Waals surface area contributed by atoms with E-state index in [1.165, 1.54) is 0 Å². The summed E-state index contributed by atoms with van der Waals surface area (Å²) in [4.78, 5) is 12.7. The van der Waals surface area contributed by atoms with E-state index in [9.17, 15) is 4.79 Å². The minimum Gasteiger partial charge on any atom is -0.456 e. The zero-order valence-corrected chi connectivity index (χ0v) is 17.1. The Morgan fingerprint density at radius 2 is 1.70 bits per heavy atom. The van der Waals surface area contributed by atoms with Gasteiger partial charge in [-0.1, -0.05) is 29.8 Å². The van der Waals surface area contributed by atoms with Crippen molar-refractivity contribution >= 4 is 17.5 Å². The quantitative estimate of drug-likeness (QED) is 0.761. The van der Waals surface area contributed by atoms with Gasteiger partial charge in [-0.15, -0.1) is 0 Å². The van der Waals surface area contributed by atoms with Gasteiger partial charge in [0.05, 0.1) is 5.02 Å². The van der Waals surface area contributed by atoms with Crippen LogP contribution in [0, 0.1) is 0 Å². The van der Waals surface area contributed by atoms with Crippen molar-refractivity contribution in [3.8, 4) is 11.5 Å². The monoisotopic (exact) mass is 386 g/mol. The Bertz CT molecular complexity index is 802. The van der Waals surface area contributed by atoms with Gasteiger partial charge in [0.2, 0.25) is 0 Å². The molecule has 1 aliphatic heterocycles. The van der Waals surface area contributed by atoms with Crippen molar-refractivity contribution < 1.29 is 9.53 Å². The van der Waals surface area contributed by atoms with Crippen LogP contribution in [0.1, 0.15) is 50.9 Å². The summed E-state index contributed by atoms with van der Waals surface area (Å²) in [5, 5.41) is 7.20. The van der Waals surface area contributed by atoms with Crippen LogP contribution < -0.4 is 15.4 Å². The van der Waals surface area contributed by atoms with Crippen LogP contribution in [0.15, 0.2) is 48.5 Å². The molecule has 5 heteroatoms. The fraction of sp³-hybridized carbons (Fsp3) is 0.409. The Hall–Kier alpha value is -2.04. The highest BCUT2D eigenvalue weighted by molar-refractivity contribution is 6.32. The zero-order valence-electron chi connectivity index (χ0n) is 16.3. The Morgan fingerprint density at radius 3 is 2.30 bits per heavy atom. The van der Waals surface area contributed by atoms with Crippen LogP contribution in [0.5, 0.6) is 11.5 Å². The van der Waals surface area contributed by atoms with E-state index in [-0.39, 0.29) is 23.0 Å². The van der Waals surface area contributed by atoms with E-state index in [1.807, 2.05) is 30.3 Å². The van der Waals surface area contributed by atoms with Crippen LogP contribution in [0.2, 0.25) is 5.02 Å². The molecule has 3 rings (SSSR count). The molecular formula is C22H27ClN2O2. The number of rotatable bonds is 4. The summed E-state index contributed by atoms with van der Waals surface area (Å²) >= 11 is 6.34. The number of halogens is 1. The molecule has 0 unspecified atom stereocenters. The van der Waals surface area contributed by atoms with E-state index in [0.29, 0.717) is 22.1 Å². The lowest BCUT2D eigenvalue weighted by Crippen LogP contribution is -2.62. The second-order valence-corrected chi connectivity index (χ2v) is 8.94. The summed E-state index contributed by atoms with van der Waals surface area (Å²) in [6, 6.07) is 14.7. The number of benzene rings is 2. The van der Waals surface area contributed by atoms with Crippen LogP contribution in [-0.2, 0) is 0 Å². The first-order chi connectivity index (χ1) is 12.6. The molecule has 0 saturated carbocycles. The molecule has 0 aromatic heterocycles. The largest absolute Gasteiger partial charge is 0.456 e. The first kappa shape index (κ1) is 19.7. The van der Waals surface area contributed by atoms with Crippen LogP contribution in [0.3, 0.4) is 0 Å². The molecule has 0 atom stereocenters. The number of carbonyl (C=O) groups excluding carboxylic acids is 1. The van der Waals surface area contributed by atoms with Gasteiger partial charge in [-0.3, -0.25) is 4.79 Å². The fourth-order valence-electron chi connectivity index (χ4n) is 4.03. The molecule has 2 aromatic carbocycles. The number of para-hydroxylation sites is 1. The number of nitrogens with one attached hydrogen (secondary N) is 2. The lowest BCUT2D eigenvalue weighted by molar-refractivity contribution is 0.0873. The molecule has 1 saturated heterocycles. The average molecular weight is 387 g/mol. The molecule has 4 nitrogen and oxygen atoms in total. The minimum absolute atomic E-state index is 0.0231. The van der Waals surface area contributed by atoms with Crippen molar-refractivity contribution in [1.82, 2.24) is 10.6 Å². The maximum absolute atomic E-state index is 12.7. The zero-order chi connectivity index (χ0) is 19.7. The summed E-state index contributed by atoms with van der Waals surface area (Å²) < 4.78 is 5.78. The Balaban J connectivity index is 1.69. The van der Waals surface area contributed by atoms with E-state index in [1.54, 1.807) is 18.2 Å². The third-order valence-electron chi connectivity index (χ3n) is 4.69. The second-order valence-electron chi connectivity index (χ2n) is 8.53. The number of amides is 1. The van der Waals surface area contributed by atoms with Crippen molar-refractivity contribution in [1.29, 1.82) is 0 Å². The predicted octanol–water partition coefficient (Wildman–Crippen LogP) is 5.17. The molecule has 2 N–H and O–H groups in total.